The summed E-state index contributed by atoms with van der Waals surface area (Å²) in [6, 6.07) is 43.3. The van der Waals surface area contributed by atoms with Crippen LogP contribution in [-0.2, 0) is 8.85 Å². The van der Waals surface area contributed by atoms with Gasteiger partial charge < -0.3 is 14.0 Å². The highest BCUT2D eigenvalue weighted by Gasteiger charge is 2.56. The maximum absolute atomic E-state index is 10.7. The standard InChI is InChI=1S/C38H48O3Si2/c1-36(2,3)42(32-19-11-7-12-20-32,33-21-13-8-14-22-33)40-29-38(27-31(39)28-38)30-41-43(37(4,5)6,34-23-15-9-16-24-34)35-25-17-10-18-26-35/h7-26,31,39H,27-30H2,1-6H3. The summed E-state index contributed by atoms with van der Waals surface area (Å²) < 4.78 is 14.9. The van der Waals surface area contributed by atoms with Crippen LogP contribution in [0.15, 0.2) is 121 Å². The summed E-state index contributed by atoms with van der Waals surface area (Å²) in [6.45, 7) is 15.0. The SMILES string of the molecule is CC(C)(C)[Si](OCC1(CO[Si](c2ccccc2)(c2ccccc2)C(C)(C)C)CC(O)C1)(c1ccccc1)c1ccccc1. The van der Waals surface area contributed by atoms with Crippen LogP contribution in [0.3, 0.4) is 0 Å². The van der Waals surface area contributed by atoms with Crippen LogP contribution in [-0.4, -0.2) is 41.1 Å². The second-order valence-corrected chi connectivity index (χ2v) is 23.1. The second kappa shape index (κ2) is 12.3. The van der Waals surface area contributed by atoms with Crippen LogP contribution >= 0.6 is 0 Å². The molecule has 0 saturated heterocycles. The zero-order valence-corrected chi connectivity index (χ0v) is 28.7. The molecule has 1 saturated carbocycles. The lowest BCUT2D eigenvalue weighted by atomic mass is 9.68. The highest BCUT2D eigenvalue weighted by molar-refractivity contribution is 7.00. The summed E-state index contributed by atoms with van der Waals surface area (Å²) in [7, 11) is -5.46. The van der Waals surface area contributed by atoms with E-state index in [-0.39, 0.29) is 21.6 Å². The quantitative estimate of drug-likeness (QED) is 0.216. The molecule has 0 radical (unpaired) electrons. The van der Waals surface area contributed by atoms with Crippen molar-refractivity contribution in [1.29, 1.82) is 0 Å². The van der Waals surface area contributed by atoms with Crippen LogP contribution in [0, 0.1) is 5.41 Å². The van der Waals surface area contributed by atoms with Gasteiger partial charge in [-0.05, 0) is 43.7 Å². The Morgan fingerprint density at radius 3 is 1.00 bits per heavy atom. The summed E-state index contributed by atoms with van der Waals surface area (Å²) in [5.41, 5.74) is -0.264. The summed E-state index contributed by atoms with van der Waals surface area (Å²) in [6.07, 6.45) is 1.04. The highest BCUT2D eigenvalue weighted by Crippen LogP contribution is 2.46. The Balaban J connectivity index is 1.55. The predicted octanol–water partition coefficient (Wildman–Crippen LogP) is 6.28. The molecule has 0 atom stereocenters. The number of benzene rings is 4. The van der Waals surface area contributed by atoms with Gasteiger partial charge in [-0.2, -0.15) is 0 Å². The van der Waals surface area contributed by atoms with Gasteiger partial charge in [0.1, 0.15) is 0 Å². The summed E-state index contributed by atoms with van der Waals surface area (Å²) >= 11 is 0. The Kier molecular flexibility index (Phi) is 9.04. The van der Waals surface area contributed by atoms with Gasteiger partial charge in [-0.1, -0.05) is 163 Å². The van der Waals surface area contributed by atoms with Crippen molar-refractivity contribution >= 4 is 37.4 Å². The molecule has 43 heavy (non-hydrogen) atoms. The first-order valence-corrected chi connectivity index (χ1v) is 19.4. The number of aliphatic hydroxyl groups excluding tert-OH is 1. The van der Waals surface area contributed by atoms with E-state index in [0.717, 1.165) is 0 Å². The van der Waals surface area contributed by atoms with Crippen molar-refractivity contribution in [2.24, 2.45) is 5.41 Å². The van der Waals surface area contributed by atoms with E-state index in [0.29, 0.717) is 26.1 Å². The maximum atomic E-state index is 10.7. The molecule has 4 aromatic rings. The predicted molar refractivity (Wildman–Crippen MR) is 185 cm³/mol. The molecule has 5 rings (SSSR count). The summed E-state index contributed by atoms with van der Waals surface area (Å²) in [5.74, 6) is 0. The lowest BCUT2D eigenvalue weighted by Crippen LogP contribution is -2.69. The molecule has 226 valence electrons. The normalized spacial score (nSPS) is 16.1. The zero-order chi connectivity index (χ0) is 30.8. The van der Waals surface area contributed by atoms with Gasteiger partial charge in [0.2, 0.25) is 0 Å². The Morgan fingerprint density at radius 2 is 0.791 bits per heavy atom. The van der Waals surface area contributed by atoms with Gasteiger partial charge in [-0.25, -0.2) is 0 Å². The molecule has 5 heteroatoms. The fourth-order valence-corrected chi connectivity index (χ4v) is 16.6. The third kappa shape index (κ3) is 5.98. The minimum absolute atomic E-state index is 0.113. The van der Waals surface area contributed by atoms with Crippen molar-refractivity contribution in [3.63, 3.8) is 0 Å². The number of hydrogen-bond donors (Lipinski definition) is 1. The van der Waals surface area contributed by atoms with Gasteiger partial charge in [-0.15, -0.1) is 0 Å². The lowest BCUT2D eigenvalue weighted by Gasteiger charge is -2.52. The molecule has 0 aliphatic heterocycles. The molecule has 0 unspecified atom stereocenters. The van der Waals surface area contributed by atoms with E-state index >= 15 is 0 Å². The van der Waals surface area contributed by atoms with Crippen LogP contribution in [0.25, 0.3) is 0 Å². The van der Waals surface area contributed by atoms with E-state index in [1.54, 1.807) is 0 Å². The Bertz CT molecular complexity index is 1250. The minimum Gasteiger partial charge on any atom is -0.407 e. The lowest BCUT2D eigenvalue weighted by molar-refractivity contribution is -0.0846. The van der Waals surface area contributed by atoms with Gasteiger partial charge in [0.25, 0.3) is 16.6 Å². The Hall–Kier alpha value is -2.81. The molecule has 0 spiro atoms. The van der Waals surface area contributed by atoms with Crippen molar-refractivity contribution in [3.8, 4) is 0 Å². The van der Waals surface area contributed by atoms with Gasteiger partial charge in [-0.3, -0.25) is 0 Å². The molecule has 4 aromatic carbocycles. The summed E-state index contributed by atoms with van der Waals surface area (Å²) in [4.78, 5) is 0. The van der Waals surface area contributed by atoms with E-state index in [1.165, 1.54) is 20.7 Å². The van der Waals surface area contributed by atoms with E-state index in [9.17, 15) is 5.11 Å². The van der Waals surface area contributed by atoms with Crippen molar-refractivity contribution < 1.29 is 14.0 Å². The second-order valence-electron chi connectivity index (χ2n) is 14.5. The van der Waals surface area contributed by atoms with Gasteiger partial charge >= 0.3 is 0 Å². The topological polar surface area (TPSA) is 38.7 Å². The van der Waals surface area contributed by atoms with Crippen LogP contribution < -0.4 is 20.7 Å². The van der Waals surface area contributed by atoms with Crippen LogP contribution in [0.4, 0.5) is 0 Å². The average molecular weight is 609 g/mol. The molecule has 1 aliphatic carbocycles. The van der Waals surface area contributed by atoms with Crippen LogP contribution in [0.1, 0.15) is 54.4 Å². The molecule has 0 amide bonds. The Labute approximate surface area is 261 Å². The third-order valence-corrected chi connectivity index (χ3v) is 19.3. The fourth-order valence-electron chi connectivity index (χ4n) is 7.26. The first kappa shape index (κ1) is 31.6. The molecule has 1 fully saturated rings. The smallest absolute Gasteiger partial charge is 0.261 e. The van der Waals surface area contributed by atoms with Crippen molar-refractivity contribution in [1.82, 2.24) is 0 Å². The van der Waals surface area contributed by atoms with Crippen molar-refractivity contribution in [2.75, 3.05) is 13.2 Å². The van der Waals surface area contributed by atoms with Crippen molar-refractivity contribution in [3.05, 3.63) is 121 Å². The number of aliphatic hydroxyl groups is 1. The molecular formula is C38H48O3Si2. The first-order valence-electron chi connectivity index (χ1n) is 15.6. The minimum atomic E-state index is -2.73. The van der Waals surface area contributed by atoms with Crippen molar-refractivity contribution in [2.45, 2.75) is 70.6 Å². The monoisotopic (exact) mass is 608 g/mol. The van der Waals surface area contributed by atoms with Crippen LogP contribution in [0.5, 0.6) is 0 Å². The van der Waals surface area contributed by atoms with Gasteiger partial charge in [0.15, 0.2) is 0 Å². The third-order valence-electron chi connectivity index (χ3n) is 9.36. The largest absolute Gasteiger partial charge is 0.407 e. The van der Waals surface area contributed by atoms with Gasteiger partial charge in [0, 0.05) is 18.6 Å². The highest BCUT2D eigenvalue weighted by atomic mass is 28.4. The average Bonchev–Trinajstić information content (AvgIpc) is 2.98. The van der Waals surface area contributed by atoms with E-state index in [1.807, 2.05) is 0 Å². The first-order chi connectivity index (χ1) is 20.4. The Morgan fingerprint density at radius 1 is 0.535 bits per heavy atom. The zero-order valence-electron chi connectivity index (χ0n) is 26.7. The summed E-state index contributed by atoms with van der Waals surface area (Å²) in [5, 5.41) is 15.6. The molecule has 3 nitrogen and oxygen atoms in total. The van der Waals surface area contributed by atoms with E-state index in [4.69, 9.17) is 8.85 Å². The molecule has 0 aromatic heterocycles. The number of rotatable bonds is 10. The molecule has 0 bridgehead atoms. The molecular weight excluding hydrogens is 561 g/mol. The molecule has 0 heterocycles. The van der Waals surface area contributed by atoms with Gasteiger partial charge in [0.05, 0.1) is 6.10 Å². The van der Waals surface area contributed by atoms with E-state index in [2.05, 4.69) is 163 Å². The maximum Gasteiger partial charge on any atom is 0.261 e. The fraction of sp³-hybridized carbons (Fsp3) is 0.368. The number of hydrogen-bond acceptors (Lipinski definition) is 3. The van der Waals surface area contributed by atoms with Crippen LogP contribution in [0.2, 0.25) is 10.1 Å². The molecule has 1 aliphatic rings. The molecule has 1 N–H and O–H groups in total. The van der Waals surface area contributed by atoms with E-state index < -0.39 is 16.6 Å².